The highest BCUT2D eigenvalue weighted by molar-refractivity contribution is 5.94. The highest BCUT2D eigenvalue weighted by Gasteiger charge is 2.18. The molecule has 0 atom stereocenters. The average molecular weight is 277 g/mol. The number of carbonyl (C=O) groups is 1. The van der Waals surface area contributed by atoms with E-state index in [1.54, 1.807) is 4.40 Å². The molecule has 2 aromatic rings. The van der Waals surface area contributed by atoms with Crippen molar-refractivity contribution in [2.75, 3.05) is 20.8 Å². The Morgan fingerprint density at radius 3 is 2.80 bits per heavy atom. The fourth-order valence-corrected chi connectivity index (χ4v) is 2.05. The van der Waals surface area contributed by atoms with E-state index in [0.29, 0.717) is 12.1 Å². The van der Waals surface area contributed by atoms with Gasteiger partial charge in [0.2, 0.25) is 0 Å². The maximum atomic E-state index is 12.4. The van der Waals surface area contributed by atoms with Crippen LogP contribution >= 0.6 is 0 Å². The fraction of sp³-hybridized carbons (Fsp3) is 0.429. The third kappa shape index (κ3) is 2.81. The maximum absolute atomic E-state index is 12.4. The normalized spacial score (nSPS) is 11.2. The molecule has 108 valence electrons. The predicted octanol–water partition coefficient (Wildman–Crippen LogP) is 1.25. The third-order valence-electron chi connectivity index (χ3n) is 3.11. The lowest BCUT2D eigenvalue weighted by Gasteiger charge is -2.14. The number of fused-ring (bicyclic) bond motifs is 1. The molecule has 6 heteroatoms. The smallest absolute Gasteiger partial charge is 0.270 e. The second-order valence-corrected chi connectivity index (χ2v) is 4.30. The summed E-state index contributed by atoms with van der Waals surface area (Å²) in [5, 5.41) is 2.80. The van der Waals surface area contributed by atoms with Gasteiger partial charge < -0.3 is 14.8 Å². The van der Waals surface area contributed by atoms with Crippen molar-refractivity contribution in [1.82, 2.24) is 14.7 Å². The summed E-state index contributed by atoms with van der Waals surface area (Å²) < 4.78 is 11.9. The molecular formula is C14H19N3O3. The number of amides is 1. The average Bonchev–Trinajstić information content (AvgIpc) is 2.86. The van der Waals surface area contributed by atoms with Crippen LogP contribution in [0, 0.1) is 0 Å². The van der Waals surface area contributed by atoms with E-state index in [2.05, 4.69) is 10.3 Å². The van der Waals surface area contributed by atoms with Crippen molar-refractivity contribution in [2.24, 2.45) is 0 Å². The van der Waals surface area contributed by atoms with Crippen LogP contribution in [-0.4, -0.2) is 42.3 Å². The Labute approximate surface area is 117 Å². The number of ether oxygens (including phenoxy) is 2. The van der Waals surface area contributed by atoms with Crippen LogP contribution in [0.2, 0.25) is 0 Å². The Balaban J connectivity index is 2.25. The van der Waals surface area contributed by atoms with Gasteiger partial charge >= 0.3 is 0 Å². The zero-order valence-electron chi connectivity index (χ0n) is 11.9. The molecule has 2 rings (SSSR count). The van der Waals surface area contributed by atoms with Crippen LogP contribution in [0.1, 0.15) is 23.1 Å². The summed E-state index contributed by atoms with van der Waals surface area (Å²) in [6.07, 6.45) is 2.08. The number of aromatic nitrogens is 2. The van der Waals surface area contributed by atoms with E-state index < -0.39 is 6.29 Å². The van der Waals surface area contributed by atoms with Crippen LogP contribution in [0.3, 0.4) is 0 Å². The second-order valence-electron chi connectivity index (χ2n) is 4.30. The number of hydrogen-bond donors (Lipinski definition) is 1. The van der Waals surface area contributed by atoms with Gasteiger partial charge in [0.1, 0.15) is 11.3 Å². The van der Waals surface area contributed by atoms with Gasteiger partial charge in [-0.1, -0.05) is 13.0 Å². The minimum atomic E-state index is -0.455. The van der Waals surface area contributed by atoms with Crippen LogP contribution in [0.15, 0.2) is 24.4 Å². The zero-order valence-corrected chi connectivity index (χ0v) is 11.9. The molecule has 0 aliphatic rings. The monoisotopic (exact) mass is 277 g/mol. The summed E-state index contributed by atoms with van der Waals surface area (Å²) in [7, 11) is 3.07. The molecule has 0 spiro atoms. The second kappa shape index (κ2) is 6.49. The Hall–Kier alpha value is -1.92. The lowest BCUT2D eigenvalue weighted by molar-refractivity contribution is -0.0974. The minimum Gasteiger partial charge on any atom is -0.354 e. The molecule has 2 aromatic heterocycles. The molecule has 0 bridgehead atoms. The maximum Gasteiger partial charge on any atom is 0.270 e. The molecule has 0 aromatic carbocycles. The largest absolute Gasteiger partial charge is 0.354 e. The summed E-state index contributed by atoms with van der Waals surface area (Å²) in [4.78, 5) is 16.8. The molecule has 1 N–H and O–H groups in total. The number of methoxy groups -OCH3 is 2. The number of nitrogens with zero attached hydrogens (tertiary/aromatic N) is 2. The highest BCUT2D eigenvalue weighted by atomic mass is 16.7. The molecule has 0 fully saturated rings. The van der Waals surface area contributed by atoms with E-state index in [0.717, 1.165) is 11.3 Å². The van der Waals surface area contributed by atoms with E-state index in [1.165, 1.54) is 14.2 Å². The number of nitrogens with one attached hydrogen (secondary N) is 1. The highest BCUT2D eigenvalue weighted by Crippen LogP contribution is 2.13. The number of aryl methyl sites for hydroxylation is 1. The summed E-state index contributed by atoms with van der Waals surface area (Å²) >= 11 is 0. The van der Waals surface area contributed by atoms with Crippen LogP contribution in [0.25, 0.3) is 5.65 Å². The Bertz CT molecular complexity index is 590. The zero-order chi connectivity index (χ0) is 14.5. The molecular weight excluding hydrogens is 258 g/mol. The van der Waals surface area contributed by atoms with Crippen LogP contribution < -0.4 is 5.32 Å². The summed E-state index contributed by atoms with van der Waals surface area (Å²) in [5.74, 6) is -0.181. The van der Waals surface area contributed by atoms with E-state index in [1.807, 2.05) is 31.3 Å². The molecule has 2 heterocycles. The fourth-order valence-electron chi connectivity index (χ4n) is 2.05. The summed E-state index contributed by atoms with van der Waals surface area (Å²) in [6, 6.07) is 5.65. The quantitative estimate of drug-likeness (QED) is 0.807. The van der Waals surface area contributed by atoms with E-state index in [4.69, 9.17) is 9.47 Å². The van der Waals surface area contributed by atoms with Gasteiger partial charge in [-0.05, 0) is 18.6 Å². The van der Waals surface area contributed by atoms with Crippen LogP contribution in [0.4, 0.5) is 0 Å². The van der Waals surface area contributed by atoms with Crippen molar-refractivity contribution >= 4 is 11.6 Å². The molecule has 0 saturated carbocycles. The van der Waals surface area contributed by atoms with Crippen LogP contribution in [-0.2, 0) is 15.9 Å². The van der Waals surface area contributed by atoms with Crippen molar-refractivity contribution in [1.29, 1.82) is 0 Å². The Morgan fingerprint density at radius 1 is 1.40 bits per heavy atom. The first-order valence-electron chi connectivity index (χ1n) is 6.51. The number of rotatable bonds is 6. The van der Waals surface area contributed by atoms with Gasteiger partial charge in [0.15, 0.2) is 6.29 Å². The first kappa shape index (κ1) is 14.5. The molecule has 0 aliphatic carbocycles. The first-order valence-corrected chi connectivity index (χ1v) is 6.51. The van der Waals surface area contributed by atoms with Crippen molar-refractivity contribution in [3.8, 4) is 0 Å². The van der Waals surface area contributed by atoms with Gasteiger partial charge in [-0.15, -0.1) is 0 Å². The molecule has 0 aliphatic heterocycles. The van der Waals surface area contributed by atoms with Gasteiger partial charge in [0.25, 0.3) is 5.91 Å². The van der Waals surface area contributed by atoms with Gasteiger partial charge in [-0.2, -0.15) is 0 Å². The molecule has 0 unspecified atom stereocenters. The summed E-state index contributed by atoms with van der Waals surface area (Å²) in [6.45, 7) is 2.26. The molecule has 6 nitrogen and oxygen atoms in total. The Kier molecular flexibility index (Phi) is 4.70. The molecule has 20 heavy (non-hydrogen) atoms. The lowest BCUT2D eigenvalue weighted by Crippen LogP contribution is -2.35. The standard InChI is InChI=1S/C14H19N3O3/c1-4-10-13(14(18)15-9-12(19-2)20-3)17-8-6-5-7-11(17)16-10/h5-8,12H,4,9H2,1-3H3,(H,15,18). The molecule has 1 amide bonds. The number of pyridine rings is 1. The van der Waals surface area contributed by atoms with Crippen molar-refractivity contribution in [2.45, 2.75) is 19.6 Å². The SMILES string of the molecule is CCc1nc2ccccn2c1C(=O)NCC(OC)OC. The van der Waals surface area contributed by atoms with Gasteiger partial charge in [0, 0.05) is 20.4 Å². The van der Waals surface area contributed by atoms with Crippen molar-refractivity contribution < 1.29 is 14.3 Å². The van der Waals surface area contributed by atoms with Gasteiger partial charge in [-0.3, -0.25) is 9.20 Å². The topological polar surface area (TPSA) is 64.9 Å². The lowest BCUT2D eigenvalue weighted by atomic mass is 10.2. The predicted molar refractivity (Wildman–Crippen MR) is 74.7 cm³/mol. The number of carbonyl (C=O) groups excluding carboxylic acids is 1. The van der Waals surface area contributed by atoms with Crippen LogP contribution in [0.5, 0.6) is 0 Å². The van der Waals surface area contributed by atoms with Crippen molar-refractivity contribution in [3.05, 3.63) is 35.8 Å². The number of imidazole rings is 1. The minimum absolute atomic E-state index is 0.181. The summed E-state index contributed by atoms with van der Waals surface area (Å²) in [5.41, 5.74) is 2.11. The van der Waals surface area contributed by atoms with E-state index >= 15 is 0 Å². The first-order chi connectivity index (χ1) is 9.71. The number of hydrogen-bond acceptors (Lipinski definition) is 4. The van der Waals surface area contributed by atoms with E-state index in [9.17, 15) is 4.79 Å². The molecule has 0 radical (unpaired) electrons. The molecule has 0 saturated heterocycles. The van der Waals surface area contributed by atoms with Crippen molar-refractivity contribution in [3.63, 3.8) is 0 Å². The Morgan fingerprint density at radius 2 is 2.15 bits per heavy atom. The van der Waals surface area contributed by atoms with Gasteiger partial charge in [0.05, 0.1) is 12.2 Å². The van der Waals surface area contributed by atoms with E-state index in [-0.39, 0.29) is 12.5 Å². The third-order valence-corrected chi connectivity index (χ3v) is 3.11. The van der Waals surface area contributed by atoms with Gasteiger partial charge in [-0.25, -0.2) is 4.98 Å².